The summed E-state index contributed by atoms with van der Waals surface area (Å²) < 4.78 is 68.3. The average molecular weight is 411 g/mol. The van der Waals surface area contributed by atoms with Crippen molar-refractivity contribution in [2.45, 2.75) is 18.2 Å². The molecule has 0 radical (unpaired) electrons. The molecule has 0 unspecified atom stereocenters. The van der Waals surface area contributed by atoms with Gasteiger partial charge >= 0.3 is 6.36 Å². The molecule has 10 heteroatoms. The lowest BCUT2D eigenvalue weighted by Crippen LogP contribution is -2.21. The van der Waals surface area contributed by atoms with Crippen molar-refractivity contribution >= 4 is 31.8 Å². The van der Waals surface area contributed by atoms with Crippen molar-refractivity contribution in [3.8, 4) is 5.75 Å². The van der Waals surface area contributed by atoms with Gasteiger partial charge in [0.15, 0.2) is 5.75 Å². The first kappa shape index (κ1) is 17.5. The zero-order valence-corrected chi connectivity index (χ0v) is 14.0. The van der Waals surface area contributed by atoms with Gasteiger partial charge in [-0.05, 0) is 36.8 Å². The second-order valence-corrected chi connectivity index (χ2v) is 6.98. The number of anilines is 1. The van der Waals surface area contributed by atoms with Crippen LogP contribution in [0.3, 0.4) is 0 Å². The summed E-state index contributed by atoms with van der Waals surface area (Å²) in [6, 6.07) is 6.44. The van der Waals surface area contributed by atoms with Crippen LogP contribution >= 0.6 is 15.9 Å². The SMILES string of the molecule is Cc1cccnc1NS(=O)(=O)c1ccc(Br)cc1OC(F)(F)F. The van der Waals surface area contributed by atoms with Crippen molar-refractivity contribution in [3.63, 3.8) is 0 Å². The van der Waals surface area contributed by atoms with E-state index in [4.69, 9.17) is 0 Å². The Labute approximate surface area is 138 Å². The molecule has 5 nitrogen and oxygen atoms in total. The Hall–Kier alpha value is -1.81. The van der Waals surface area contributed by atoms with E-state index in [1.54, 1.807) is 19.1 Å². The van der Waals surface area contributed by atoms with E-state index in [1.807, 2.05) is 0 Å². The fourth-order valence-corrected chi connectivity index (χ4v) is 3.21. The van der Waals surface area contributed by atoms with Crippen molar-refractivity contribution in [1.29, 1.82) is 0 Å². The molecule has 0 saturated heterocycles. The van der Waals surface area contributed by atoms with Crippen molar-refractivity contribution in [1.82, 2.24) is 4.98 Å². The van der Waals surface area contributed by atoms with Crippen molar-refractivity contribution in [2.75, 3.05) is 4.72 Å². The molecule has 0 spiro atoms. The van der Waals surface area contributed by atoms with E-state index in [0.29, 0.717) is 5.56 Å². The Morgan fingerprint density at radius 2 is 1.96 bits per heavy atom. The fourth-order valence-electron chi connectivity index (χ4n) is 1.68. The molecule has 0 amide bonds. The zero-order valence-electron chi connectivity index (χ0n) is 11.6. The van der Waals surface area contributed by atoms with E-state index in [-0.39, 0.29) is 10.3 Å². The van der Waals surface area contributed by atoms with Gasteiger partial charge in [-0.3, -0.25) is 4.72 Å². The highest BCUT2D eigenvalue weighted by Crippen LogP contribution is 2.33. The zero-order chi connectivity index (χ0) is 17.3. The number of hydrogen-bond acceptors (Lipinski definition) is 4. The molecule has 2 aromatic rings. The first-order chi connectivity index (χ1) is 10.6. The van der Waals surface area contributed by atoms with Gasteiger partial charge in [0.25, 0.3) is 10.0 Å². The minimum absolute atomic E-state index is 0.0216. The number of aromatic nitrogens is 1. The molecule has 1 aromatic heterocycles. The molecular weight excluding hydrogens is 401 g/mol. The highest BCUT2D eigenvalue weighted by atomic mass is 79.9. The molecule has 0 saturated carbocycles. The molecule has 0 aliphatic heterocycles. The number of aryl methyl sites for hydroxylation is 1. The van der Waals surface area contributed by atoms with Gasteiger partial charge in [-0.2, -0.15) is 0 Å². The van der Waals surface area contributed by atoms with E-state index >= 15 is 0 Å². The molecule has 0 aliphatic carbocycles. The van der Waals surface area contributed by atoms with E-state index in [0.717, 1.165) is 12.1 Å². The summed E-state index contributed by atoms with van der Waals surface area (Å²) in [6.07, 6.45) is -3.66. The number of nitrogens with zero attached hydrogens (tertiary/aromatic N) is 1. The molecule has 1 aromatic carbocycles. The first-order valence-corrected chi connectivity index (χ1v) is 8.36. The third-order valence-corrected chi connectivity index (χ3v) is 4.53. The second-order valence-electron chi connectivity index (χ2n) is 4.41. The number of hydrogen-bond donors (Lipinski definition) is 1. The van der Waals surface area contributed by atoms with Crippen molar-refractivity contribution in [2.24, 2.45) is 0 Å². The second kappa shape index (κ2) is 6.36. The Morgan fingerprint density at radius 3 is 2.57 bits per heavy atom. The van der Waals surface area contributed by atoms with Crippen LogP contribution in [0, 0.1) is 6.92 Å². The van der Waals surface area contributed by atoms with Crippen LogP contribution in [0.15, 0.2) is 45.9 Å². The maximum absolute atomic E-state index is 12.5. The number of rotatable bonds is 4. The normalized spacial score (nSPS) is 12.0. The van der Waals surface area contributed by atoms with Gasteiger partial charge in [-0.25, -0.2) is 13.4 Å². The van der Waals surface area contributed by atoms with Gasteiger partial charge in [-0.1, -0.05) is 22.0 Å². The van der Waals surface area contributed by atoms with E-state index < -0.39 is 27.0 Å². The third kappa shape index (κ3) is 4.58. The predicted octanol–water partition coefficient (Wildman–Crippen LogP) is 3.85. The van der Waals surface area contributed by atoms with Crippen LogP contribution in [0.2, 0.25) is 0 Å². The Kier molecular flexibility index (Phi) is 4.85. The van der Waals surface area contributed by atoms with Crippen LogP contribution in [-0.4, -0.2) is 19.8 Å². The molecular formula is C13H10BrF3N2O3S. The number of ether oxygens (including phenoxy) is 1. The molecule has 0 aliphatic rings. The van der Waals surface area contributed by atoms with E-state index in [1.165, 1.54) is 12.3 Å². The standard InChI is InChI=1S/C13H10BrF3N2O3S/c1-8-3-2-6-18-12(8)19-23(20,21)11-5-4-9(14)7-10(11)22-13(15,16)17/h2-7H,1H3,(H,18,19). The van der Waals surface area contributed by atoms with Gasteiger partial charge in [-0.15, -0.1) is 13.2 Å². The number of nitrogens with one attached hydrogen (secondary N) is 1. The quantitative estimate of drug-likeness (QED) is 0.830. The summed E-state index contributed by atoms with van der Waals surface area (Å²) in [5.74, 6) is -0.818. The van der Waals surface area contributed by atoms with E-state index in [9.17, 15) is 21.6 Å². The number of benzene rings is 1. The Bertz CT molecular complexity index is 825. The summed E-state index contributed by atoms with van der Waals surface area (Å²) in [5, 5.41) is 0. The lowest BCUT2D eigenvalue weighted by Gasteiger charge is -2.15. The lowest BCUT2D eigenvalue weighted by molar-refractivity contribution is -0.275. The van der Waals surface area contributed by atoms with Crippen LogP contribution in [0.4, 0.5) is 19.0 Å². The molecule has 1 heterocycles. The van der Waals surface area contributed by atoms with Gasteiger partial charge in [0.2, 0.25) is 0 Å². The minimum Gasteiger partial charge on any atom is -0.404 e. The maximum Gasteiger partial charge on any atom is 0.573 e. The van der Waals surface area contributed by atoms with Crippen LogP contribution in [0.1, 0.15) is 5.56 Å². The number of halogens is 4. The van der Waals surface area contributed by atoms with E-state index in [2.05, 4.69) is 30.4 Å². The van der Waals surface area contributed by atoms with Crippen molar-refractivity contribution < 1.29 is 26.3 Å². The molecule has 23 heavy (non-hydrogen) atoms. The fraction of sp³-hybridized carbons (Fsp3) is 0.154. The molecule has 0 bridgehead atoms. The predicted molar refractivity (Wildman–Crippen MR) is 80.6 cm³/mol. The highest BCUT2D eigenvalue weighted by Gasteiger charge is 2.34. The lowest BCUT2D eigenvalue weighted by atomic mass is 10.3. The topological polar surface area (TPSA) is 68.3 Å². The van der Waals surface area contributed by atoms with Crippen LogP contribution < -0.4 is 9.46 Å². The summed E-state index contributed by atoms with van der Waals surface area (Å²) in [4.78, 5) is 3.20. The van der Waals surface area contributed by atoms with Crippen LogP contribution in [0.5, 0.6) is 5.75 Å². The summed E-state index contributed by atoms with van der Waals surface area (Å²) in [6.45, 7) is 1.61. The minimum atomic E-state index is -5.02. The molecule has 2 rings (SSSR count). The Balaban J connectivity index is 2.46. The monoisotopic (exact) mass is 410 g/mol. The van der Waals surface area contributed by atoms with Gasteiger partial charge in [0.05, 0.1) is 0 Å². The highest BCUT2D eigenvalue weighted by molar-refractivity contribution is 9.10. The number of alkyl halides is 3. The van der Waals surface area contributed by atoms with Crippen molar-refractivity contribution in [3.05, 3.63) is 46.6 Å². The van der Waals surface area contributed by atoms with Crippen LogP contribution in [0.25, 0.3) is 0 Å². The van der Waals surface area contributed by atoms with Gasteiger partial charge < -0.3 is 4.74 Å². The number of sulfonamides is 1. The summed E-state index contributed by atoms with van der Waals surface area (Å²) in [7, 11) is -4.31. The molecule has 0 atom stereocenters. The smallest absolute Gasteiger partial charge is 0.404 e. The average Bonchev–Trinajstić information content (AvgIpc) is 2.39. The summed E-state index contributed by atoms with van der Waals surface area (Å²) in [5.41, 5.74) is 0.520. The molecule has 124 valence electrons. The van der Waals surface area contributed by atoms with Gasteiger partial charge in [0, 0.05) is 10.7 Å². The third-order valence-electron chi connectivity index (χ3n) is 2.66. The summed E-state index contributed by atoms with van der Waals surface area (Å²) >= 11 is 2.97. The van der Waals surface area contributed by atoms with Gasteiger partial charge in [0.1, 0.15) is 10.7 Å². The largest absolute Gasteiger partial charge is 0.573 e. The first-order valence-electron chi connectivity index (χ1n) is 6.08. The Morgan fingerprint density at radius 1 is 1.26 bits per heavy atom. The van der Waals surface area contributed by atoms with Crippen LogP contribution in [-0.2, 0) is 10.0 Å². The number of pyridine rings is 1. The molecule has 1 N–H and O–H groups in total. The maximum atomic E-state index is 12.5. The molecule has 0 fully saturated rings.